The van der Waals surface area contributed by atoms with Crippen molar-refractivity contribution in [2.45, 2.75) is 20.3 Å². The lowest BCUT2D eigenvalue weighted by Gasteiger charge is -2.10. The second kappa shape index (κ2) is 3.49. The van der Waals surface area contributed by atoms with Crippen LogP contribution in [0.25, 0.3) is 11.2 Å². The number of anilines is 1. The topological polar surface area (TPSA) is 57.7 Å². The highest BCUT2D eigenvalue weighted by molar-refractivity contribution is 5.74. The molecule has 0 radical (unpaired) electrons. The largest absolute Gasteiger partial charge is 0.347 e. The zero-order chi connectivity index (χ0) is 11.0. The van der Waals surface area contributed by atoms with Gasteiger partial charge in [0.25, 0.3) is 0 Å². The third kappa shape index (κ3) is 1.65. The number of nitrogens with one attached hydrogen (secondary N) is 1. The van der Waals surface area contributed by atoms with Gasteiger partial charge in [0, 0.05) is 14.1 Å². The summed E-state index contributed by atoms with van der Waals surface area (Å²) in [4.78, 5) is 18.3. The summed E-state index contributed by atoms with van der Waals surface area (Å²) in [6.45, 7) is 4.01. The maximum Gasteiger partial charge on any atom is 0.227 e. The number of aromatic nitrogens is 4. The Labute approximate surface area is 88.6 Å². The minimum Gasteiger partial charge on any atom is -0.347 e. The quantitative estimate of drug-likeness (QED) is 0.802. The lowest BCUT2D eigenvalue weighted by Crippen LogP contribution is -2.13. The molecule has 0 aliphatic carbocycles. The Balaban J connectivity index is 2.70. The second-order valence-corrected chi connectivity index (χ2v) is 3.74. The molecular formula is C10H15N5. The van der Waals surface area contributed by atoms with Crippen LogP contribution in [-0.2, 0) is 6.42 Å². The van der Waals surface area contributed by atoms with Gasteiger partial charge in [-0.15, -0.1) is 0 Å². The van der Waals surface area contributed by atoms with Gasteiger partial charge in [0.1, 0.15) is 11.3 Å². The van der Waals surface area contributed by atoms with E-state index in [1.807, 2.05) is 25.9 Å². The zero-order valence-electron chi connectivity index (χ0n) is 9.50. The van der Waals surface area contributed by atoms with E-state index < -0.39 is 0 Å². The molecule has 0 saturated carbocycles. The number of H-pyrrole nitrogens is 1. The van der Waals surface area contributed by atoms with E-state index in [4.69, 9.17) is 0 Å². The number of hydrogen-bond donors (Lipinski definition) is 1. The Morgan fingerprint density at radius 1 is 1.20 bits per heavy atom. The fraction of sp³-hybridized carbons (Fsp3) is 0.500. The molecule has 0 unspecified atom stereocenters. The van der Waals surface area contributed by atoms with Gasteiger partial charge in [-0.25, -0.2) is 9.97 Å². The molecule has 5 heteroatoms. The Morgan fingerprint density at radius 3 is 2.53 bits per heavy atom. The molecule has 15 heavy (non-hydrogen) atoms. The minimum absolute atomic E-state index is 0.714. The first-order valence-electron chi connectivity index (χ1n) is 5.02. The van der Waals surface area contributed by atoms with Gasteiger partial charge in [-0.1, -0.05) is 6.92 Å². The van der Waals surface area contributed by atoms with Crippen LogP contribution < -0.4 is 4.90 Å². The van der Waals surface area contributed by atoms with Gasteiger partial charge in [0.2, 0.25) is 5.95 Å². The van der Waals surface area contributed by atoms with E-state index in [9.17, 15) is 0 Å². The first-order valence-corrected chi connectivity index (χ1v) is 5.02. The predicted octanol–water partition coefficient (Wildman–Crippen LogP) is 1.29. The molecule has 0 spiro atoms. The van der Waals surface area contributed by atoms with Crippen molar-refractivity contribution >= 4 is 17.1 Å². The molecule has 0 aromatic carbocycles. The number of nitrogens with zero attached hydrogens (tertiary/aromatic N) is 4. The third-order valence-electron chi connectivity index (χ3n) is 2.27. The van der Waals surface area contributed by atoms with E-state index in [2.05, 4.69) is 26.9 Å². The fourth-order valence-corrected chi connectivity index (χ4v) is 1.51. The average molecular weight is 205 g/mol. The molecule has 2 aromatic heterocycles. The summed E-state index contributed by atoms with van der Waals surface area (Å²) in [6, 6.07) is 0. The van der Waals surface area contributed by atoms with E-state index in [-0.39, 0.29) is 0 Å². The van der Waals surface area contributed by atoms with Gasteiger partial charge < -0.3 is 9.88 Å². The molecule has 1 N–H and O–H groups in total. The third-order valence-corrected chi connectivity index (χ3v) is 2.27. The van der Waals surface area contributed by atoms with E-state index in [0.717, 1.165) is 29.1 Å². The molecule has 2 rings (SSSR count). The number of aromatic amines is 1. The monoisotopic (exact) mass is 205 g/mol. The van der Waals surface area contributed by atoms with Crippen molar-refractivity contribution in [2.24, 2.45) is 0 Å². The molecule has 5 nitrogen and oxygen atoms in total. The van der Waals surface area contributed by atoms with E-state index >= 15 is 0 Å². The van der Waals surface area contributed by atoms with Crippen LogP contribution in [0.1, 0.15) is 18.4 Å². The lowest BCUT2D eigenvalue weighted by molar-refractivity contribution is 0.958. The molecule has 2 aromatic rings. The van der Waals surface area contributed by atoms with Crippen LogP contribution in [0.5, 0.6) is 0 Å². The van der Waals surface area contributed by atoms with Crippen LogP contribution in [0.3, 0.4) is 0 Å². The molecule has 0 amide bonds. The molecule has 0 atom stereocenters. The van der Waals surface area contributed by atoms with Crippen LogP contribution in [-0.4, -0.2) is 34.0 Å². The van der Waals surface area contributed by atoms with Gasteiger partial charge in [0.15, 0.2) is 5.65 Å². The summed E-state index contributed by atoms with van der Waals surface area (Å²) >= 11 is 0. The van der Waals surface area contributed by atoms with E-state index in [1.54, 1.807) is 0 Å². The normalized spacial score (nSPS) is 10.9. The number of aryl methyl sites for hydroxylation is 2. The first-order chi connectivity index (χ1) is 7.11. The summed E-state index contributed by atoms with van der Waals surface area (Å²) in [7, 11) is 3.86. The Bertz CT molecular complexity index is 486. The Kier molecular flexibility index (Phi) is 2.30. The standard InChI is InChI=1S/C10H15N5/c1-5-7-8-9(12-6(2)11-8)14-10(13-7)15(3)4/h5H2,1-4H3,(H,11,12,13,14). The van der Waals surface area contributed by atoms with Crippen molar-refractivity contribution in [1.82, 2.24) is 19.9 Å². The highest BCUT2D eigenvalue weighted by Crippen LogP contribution is 2.16. The average Bonchev–Trinajstić information content (AvgIpc) is 2.56. The number of rotatable bonds is 2. The summed E-state index contributed by atoms with van der Waals surface area (Å²) in [6.07, 6.45) is 0.876. The number of imidazole rings is 1. The van der Waals surface area contributed by atoms with E-state index in [0.29, 0.717) is 5.95 Å². The van der Waals surface area contributed by atoms with Crippen molar-refractivity contribution in [2.75, 3.05) is 19.0 Å². The van der Waals surface area contributed by atoms with Gasteiger partial charge in [-0.3, -0.25) is 0 Å². The fourth-order valence-electron chi connectivity index (χ4n) is 1.51. The molecular weight excluding hydrogens is 190 g/mol. The molecule has 0 aliphatic rings. The van der Waals surface area contributed by atoms with Crippen LogP contribution in [0.2, 0.25) is 0 Å². The molecule has 0 aliphatic heterocycles. The van der Waals surface area contributed by atoms with Gasteiger partial charge in [-0.05, 0) is 13.3 Å². The van der Waals surface area contributed by atoms with Crippen molar-refractivity contribution in [1.29, 1.82) is 0 Å². The predicted molar refractivity (Wildman–Crippen MR) is 60.1 cm³/mol. The Hall–Kier alpha value is -1.65. The smallest absolute Gasteiger partial charge is 0.227 e. The summed E-state index contributed by atoms with van der Waals surface area (Å²) < 4.78 is 0. The summed E-state index contributed by atoms with van der Waals surface area (Å²) in [5.41, 5.74) is 2.73. The number of fused-ring (bicyclic) bond motifs is 1. The summed E-state index contributed by atoms with van der Waals surface area (Å²) in [5.74, 6) is 1.59. The minimum atomic E-state index is 0.714. The maximum atomic E-state index is 4.48. The van der Waals surface area contributed by atoms with Crippen molar-refractivity contribution in [3.63, 3.8) is 0 Å². The molecule has 80 valence electrons. The first kappa shape index (κ1) is 9.89. The van der Waals surface area contributed by atoms with Gasteiger partial charge >= 0.3 is 0 Å². The number of hydrogen-bond acceptors (Lipinski definition) is 4. The summed E-state index contributed by atoms with van der Waals surface area (Å²) in [5, 5.41) is 0. The van der Waals surface area contributed by atoms with Crippen LogP contribution in [0.15, 0.2) is 0 Å². The van der Waals surface area contributed by atoms with Crippen molar-refractivity contribution in [3.05, 3.63) is 11.5 Å². The Morgan fingerprint density at radius 2 is 1.93 bits per heavy atom. The van der Waals surface area contributed by atoms with Gasteiger partial charge in [0.05, 0.1) is 5.69 Å². The second-order valence-electron chi connectivity index (χ2n) is 3.74. The van der Waals surface area contributed by atoms with Crippen molar-refractivity contribution in [3.8, 4) is 0 Å². The lowest BCUT2D eigenvalue weighted by atomic mass is 10.3. The highest BCUT2D eigenvalue weighted by atomic mass is 15.2. The van der Waals surface area contributed by atoms with Crippen LogP contribution >= 0.6 is 0 Å². The molecule has 2 heterocycles. The molecule has 0 fully saturated rings. The van der Waals surface area contributed by atoms with Gasteiger partial charge in [-0.2, -0.15) is 4.98 Å². The molecule has 0 saturated heterocycles. The van der Waals surface area contributed by atoms with Crippen molar-refractivity contribution < 1.29 is 0 Å². The highest BCUT2D eigenvalue weighted by Gasteiger charge is 2.10. The SMILES string of the molecule is CCc1nc(N(C)C)nc2nc(C)[nH]c12. The van der Waals surface area contributed by atoms with Crippen LogP contribution in [0, 0.1) is 6.92 Å². The van der Waals surface area contributed by atoms with E-state index in [1.165, 1.54) is 0 Å². The zero-order valence-corrected chi connectivity index (χ0v) is 9.50. The maximum absolute atomic E-state index is 4.48. The molecule has 0 bridgehead atoms. The van der Waals surface area contributed by atoms with Crippen LogP contribution in [0.4, 0.5) is 5.95 Å².